The molecule has 0 spiro atoms. The maximum absolute atomic E-state index is 11.9. The number of carbonyl (C=O) groups is 1. The normalized spacial score (nSPS) is 13.1. The van der Waals surface area contributed by atoms with Crippen molar-refractivity contribution < 1.29 is 4.79 Å². The summed E-state index contributed by atoms with van der Waals surface area (Å²) in [5.41, 5.74) is 0.767. The van der Waals surface area contributed by atoms with Crippen LogP contribution in [-0.4, -0.2) is 11.4 Å². The minimum Gasteiger partial charge on any atom is -0.348 e. The van der Waals surface area contributed by atoms with E-state index in [0.29, 0.717) is 5.92 Å². The van der Waals surface area contributed by atoms with E-state index in [1.807, 2.05) is 20.8 Å². The van der Waals surface area contributed by atoms with Gasteiger partial charge in [-0.15, -0.1) is 0 Å². The van der Waals surface area contributed by atoms with Crippen molar-refractivity contribution in [1.29, 1.82) is 0 Å². The van der Waals surface area contributed by atoms with Crippen LogP contribution in [0.3, 0.4) is 0 Å². The van der Waals surface area contributed by atoms with Gasteiger partial charge in [0, 0.05) is 11.1 Å². The molecule has 0 aromatic heterocycles. The van der Waals surface area contributed by atoms with Gasteiger partial charge in [0.15, 0.2) is 0 Å². The molecule has 0 aliphatic rings. The molecule has 0 aromatic carbocycles. The maximum atomic E-state index is 11.9. The van der Waals surface area contributed by atoms with E-state index in [1.54, 1.807) is 0 Å². The van der Waals surface area contributed by atoms with Crippen molar-refractivity contribution in [3.05, 3.63) is 11.6 Å². The van der Waals surface area contributed by atoms with Gasteiger partial charge >= 0.3 is 0 Å². The van der Waals surface area contributed by atoms with E-state index in [4.69, 9.17) is 0 Å². The Morgan fingerprint density at radius 1 is 1.33 bits per heavy atom. The van der Waals surface area contributed by atoms with Crippen LogP contribution in [0.1, 0.15) is 54.4 Å². The Balaban J connectivity index is 4.57. The van der Waals surface area contributed by atoms with Gasteiger partial charge in [-0.25, -0.2) is 0 Å². The standard InChI is InChI=1S/C13H25NO/c1-7-8-11(9-10(2)3)12(15)14-13(4,5)6/h9-10H,7-8H2,1-6H3,(H,14,15)/b11-9-. The van der Waals surface area contributed by atoms with Crippen molar-refractivity contribution in [2.75, 3.05) is 0 Å². The smallest absolute Gasteiger partial charge is 0.247 e. The van der Waals surface area contributed by atoms with Crippen molar-refractivity contribution in [2.24, 2.45) is 5.92 Å². The first-order valence-electron chi connectivity index (χ1n) is 5.79. The number of allylic oxidation sites excluding steroid dienone is 1. The van der Waals surface area contributed by atoms with Crippen molar-refractivity contribution >= 4 is 5.91 Å². The molecule has 0 atom stereocenters. The van der Waals surface area contributed by atoms with Gasteiger partial charge in [-0.3, -0.25) is 4.79 Å². The number of nitrogens with one attached hydrogen (secondary N) is 1. The monoisotopic (exact) mass is 211 g/mol. The maximum Gasteiger partial charge on any atom is 0.247 e. The van der Waals surface area contributed by atoms with Gasteiger partial charge in [-0.1, -0.05) is 33.3 Å². The molecule has 0 bridgehead atoms. The van der Waals surface area contributed by atoms with Crippen LogP contribution < -0.4 is 5.32 Å². The number of hydrogen-bond acceptors (Lipinski definition) is 1. The van der Waals surface area contributed by atoms with E-state index in [2.05, 4.69) is 32.2 Å². The van der Waals surface area contributed by atoms with E-state index in [0.717, 1.165) is 18.4 Å². The summed E-state index contributed by atoms with van der Waals surface area (Å²) < 4.78 is 0. The lowest BCUT2D eigenvalue weighted by molar-refractivity contribution is -0.119. The molecule has 2 heteroatoms. The fourth-order valence-corrected chi connectivity index (χ4v) is 1.37. The van der Waals surface area contributed by atoms with Gasteiger partial charge in [0.05, 0.1) is 0 Å². The Morgan fingerprint density at radius 3 is 2.20 bits per heavy atom. The molecule has 15 heavy (non-hydrogen) atoms. The molecule has 0 aliphatic carbocycles. The van der Waals surface area contributed by atoms with Crippen LogP contribution >= 0.6 is 0 Å². The molecule has 2 nitrogen and oxygen atoms in total. The van der Waals surface area contributed by atoms with Crippen LogP contribution in [0.15, 0.2) is 11.6 Å². The lowest BCUT2D eigenvalue weighted by Gasteiger charge is -2.21. The van der Waals surface area contributed by atoms with Gasteiger partial charge < -0.3 is 5.32 Å². The molecule has 88 valence electrons. The summed E-state index contributed by atoms with van der Waals surface area (Å²) in [6.07, 6.45) is 3.93. The topological polar surface area (TPSA) is 29.1 Å². The highest BCUT2D eigenvalue weighted by Crippen LogP contribution is 2.11. The van der Waals surface area contributed by atoms with Crippen molar-refractivity contribution in [3.63, 3.8) is 0 Å². The van der Waals surface area contributed by atoms with Crippen LogP contribution in [-0.2, 0) is 4.79 Å². The predicted octanol–water partition coefficient (Wildman–Crippen LogP) is 3.28. The molecule has 1 N–H and O–H groups in total. The molecule has 0 radical (unpaired) electrons. The molecule has 0 saturated heterocycles. The van der Waals surface area contributed by atoms with Gasteiger partial charge in [0.2, 0.25) is 5.91 Å². The second-order valence-corrected chi connectivity index (χ2v) is 5.39. The average molecular weight is 211 g/mol. The van der Waals surface area contributed by atoms with E-state index >= 15 is 0 Å². The highest BCUT2D eigenvalue weighted by atomic mass is 16.1. The summed E-state index contributed by atoms with van der Waals surface area (Å²) in [6.45, 7) is 12.3. The average Bonchev–Trinajstić information content (AvgIpc) is 1.99. The summed E-state index contributed by atoms with van der Waals surface area (Å²) in [5, 5.41) is 3.00. The van der Waals surface area contributed by atoms with E-state index in [1.165, 1.54) is 0 Å². The zero-order valence-electron chi connectivity index (χ0n) is 11.0. The second-order valence-electron chi connectivity index (χ2n) is 5.39. The van der Waals surface area contributed by atoms with Gasteiger partial charge in [-0.2, -0.15) is 0 Å². The zero-order chi connectivity index (χ0) is 12.1. The highest BCUT2D eigenvalue weighted by Gasteiger charge is 2.16. The lowest BCUT2D eigenvalue weighted by Crippen LogP contribution is -2.41. The van der Waals surface area contributed by atoms with Gasteiger partial charge in [0.25, 0.3) is 0 Å². The van der Waals surface area contributed by atoms with Crippen molar-refractivity contribution in [3.8, 4) is 0 Å². The van der Waals surface area contributed by atoms with Crippen LogP contribution in [0.25, 0.3) is 0 Å². The van der Waals surface area contributed by atoms with Crippen LogP contribution in [0.2, 0.25) is 0 Å². The predicted molar refractivity (Wildman–Crippen MR) is 65.7 cm³/mol. The summed E-state index contributed by atoms with van der Waals surface area (Å²) in [5.74, 6) is 0.510. The van der Waals surface area contributed by atoms with Crippen molar-refractivity contribution in [1.82, 2.24) is 5.32 Å². The number of amides is 1. The lowest BCUT2D eigenvalue weighted by atomic mass is 10.0. The molecular formula is C13H25NO. The van der Waals surface area contributed by atoms with Gasteiger partial charge in [-0.05, 0) is 33.1 Å². The minimum atomic E-state index is -0.152. The molecule has 0 heterocycles. The molecule has 0 unspecified atom stereocenters. The third kappa shape index (κ3) is 7.18. The third-order valence-corrected chi connectivity index (χ3v) is 1.83. The zero-order valence-corrected chi connectivity index (χ0v) is 11.0. The molecule has 1 amide bonds. The fraction of sp³-hybridized carbons (Fsp3) is 0.769. The largest absolute Gasteiger partial charge is 0.348 e. The Labute approximate surface area is 94.1 Å². The molecule has 0 aliphatic heterocycles. The first-order chi connectivity index (χ1) is 6.76. The Bertz CT molecular complexity index is 233. The first kappa shape index (κ1) is 14.2. The Morgan fingerprint density at radius 2 is 1.87 bits per heavy atom. The fourth-order valence-electron chi connectivity index (χ4n) is 1.37. The first-order valence-corrected chi connectivity index (χ1v) is 5.79. The van der Waals surface area contributed by atoms with Crippen LogP contribution in [0.5, 0.6) is 0 Å². The highest BCUT2D eigenvalue weighted by molar-refractivity contribution is 5.93. The molecule has 0 aromatic rings. The quantitative estimate of drug-likeness (QED) is 0.710. The summed E-state index contributed by atoms with van der Waals surface area (Å²) in [7, 11) is 0. The number of carbonyl (C=O) groups excluding carboxylic acids is 1. The summed E-state index contributed by atoms with van der Waals surface area (Å²) in [4.78, 5) is 11.9. The van der Waals surface area contributed by atoms with Crippen LogP contribution in [0, 0.1) is 5.92 Å². The molecule has 0 rings (SSSR count). The summed E-state index contributed by atoms with van der Waals surface area (Å²) >= 11 is 0. The summed E-state index contributed by atoms with van der Waals surface area (Å²) in [6, 6.07) is 0. The Kier molecular flexibility index (Phi) is 5.63. The molecule has 0 saturated carbocycles. The van der Waals surface area contributed by atoms with E-state index in [9.17, 15) is 4.79 Å². The second kappa shape index (κ2) is 5.94. The minimum absolute atomic E-state index is 0.0815. The number of rotatable bonds is 4. The third-order valence-electron chi connectivity index (χ3n) is 1.83. The SMILES string of the molecule is CCC/C(=C/C(C)C)C(=O)NC(C)(C)C. The van der Waals surface area contributed by atoms with Crippen molar-refractivity contribution in [2.45, 2.75) is 59.9 Å². The Hall–Kier alpha value is -0.790. The number of hydrogen-bond donors (Lipinski definition) is 1. The van der Waals surface area contributed by atoms with Gasteiger partial charge in [0.1, 0.15) is 0 Å². The molecule has 0 fully saturated rings. The van der Waals surface area contributed by atoms with Crippen LogP contribution in [0.4, 0.5) is 0 Å². The van der Waals surface area contributed by atoms with E-state index in [-0.39, 0.29) is 11.4 Å². The van der Waals surface area contributed by atoms with E-state index < -0.39 is 0 Å². The molecular weight excluding hydrogens is 186 g/mol.